The van der Waals surface area contributed by atoms with Crippen LogP contribution in [0.5, 0.6) is 5.75 Å². The number of phenols is 1. The predicted octanol–water partition coefficient (Wildman–Crippen LogP) is 5.24. The van der Waals surface area contributed by atoms with Crippen LogP contribution in [0.2, 0.25) is 0 Å². The highest BCUT2D eigenvalue weighted by atomic mass is 32.2. The van der Waals surface area contributed by atoms with Crippen LogP contribution >= 0.6 is 11.8 Å². The molecule has 3 aromatic carbocycles. The normalized spacial score (nSPS) is 23.4. The molecule has 0 bridgehead atoms. The minimum absolute atomic E-state index is 0.000604. The number of Topliss-reactive ketones (excluding diaryl/α,β-unsaturated/α-hetero) is 7. The average Bonchev–Trinajstić information content (AvgIpc) is 0.867. The van der Waals surface area contributed by atoms with E-state index in [1.54, 1.807) is 88.4 Å². The summed E-state index contributed by atoms with van der Waals surface area (Å²) < 4.78 is 0. The fourth-order valence-electron chi connectivity index (χ4n) is 14.6. The van der Waals surface area contributed by atoms with E-state index in [2.05, 4.69) is 41.9 Å². The number of primary amides is 1. The average molecular weight is 1690 g/mol. The Bertz CT molecular complexity index is 4010. The van der Waals surface area contributed by atoms with E-state index in [4.69, 9.17) is 39.8 Å². The number of nitrogens with zero attached hydrogens (tertiary/aromatic N) is 2. The SMILES string of the molecule is CC[C@H](C)[C@@H]1CC(=O)[C@H](C(C)C)CC(=O)[C@H]([C@@H](C)CC)NC(=O)[C@H](CC(C)C)CC(=O)[C@H](Cc2ccccc2)NC(=O)CSC[C@@H](C(=O)CCC(N)=O)NC(=O)[C@H](CCCN=C(N)N)CC(=O)[C@H](Cc2ccccc2)NC(=O)[C@H](Cc2ccc(O)cc2)CC(=O)[C@H](CCCN=C(N)N)NC(=O)[C@H](CC(=O)O)NC(=O)[C@H](CCCCC(=N)N)CC1=O. The summed E-state index contributed by atoms with van der Waals surface area (Å²) in [5.41, 5.74) is 35.5. The molecule has 1 heterocycles. The molecule has 7 amide bonds. The van der Waals surface area contributed by atoms with Crippen LogP contribution in [-0.2, 0) is 91.2 Å². The Hall–Kier alpha value is -10.7. The Morgan fingerprint density at radius 1 is 0.475 bits per heavy atom. The molecule has 32 nitrogen and oxygen atoms in total. The zero-order valence-corrected chi connectivity index (χ0v) is 71.5. The van der Waals surface area contributed by atoms with E-state index in [9.17, 15) is 63.0 Å². The van der Waals surface area contributed by atoms with Gasteiger partial charge in [-0.05, 0) is 117 Å². The maximum absolute atomic E-state index is 15.4. The van der Waals surface area contributed by atoms with Gasteiger partial charge in [0.05, 0.1) is 48.2 Å². The summed E-state index contributed by atoms with van der Waals surface area (Å²) in [5.74, 6) is -21.9. The Balaban J connectivity index is 2.01. The Morgan fingerprint density at radius 3 is 1.48 bits per heavy atom. The minimum atomic E-state index is -1.93. The maximum atomic E-state index is 15.4. The van der Waals surface area contributed by atoms with E-state index >= 15 is 19.2 Å². The Morgan fingerprint density at radius 2 is 0.942 bits per heavy atom. The van der Waals surface area contributed by atoms with Gasteiger partial charge in [0.15, 0.2) is 40.8 Å². The van der Waals surface area contributed by atoms with Crippen LogP contribution in [0.3, 0.4) is 0 Å². The standard InChI is InChI=1S/C87H129N15O17S/c1-9-52(7)63-46-71(106)62(51(5)6)45-75(110)80(53(8)10-2)102-84(118)59(37-50(3)4)43-74(109)65(39-54-21-13-11-14-22-54)97-78(112)49-120-48-68(69(104)33-34-77(90)111)101-82(116)58(26-19-35-95-86(91)92)42-73(108)66(40-55-23-15-12-16-24-55)99-83(117)60(38-56-29-31-61(103)32-30-56)44-72(107)64(27-20-36-96-87(93)94)98-85(119)67(47-79(113)114)100-81(115)57(41-70(63)105)25-17-18-28-76(88)89/h11-16,21-24,29-32,50-53,57-60,62-68,80,103H,9-10,17-20,25-28,33-49H2,1-8H3,(H3,88,89)(H2,90,111)(H,97,112)(H,98,119)(H,99,117)(H,100,115)(H,101,116)(H,102,118)(H,113,114)(H4,91,92,95)(H4,93,94,96)/t52-,53-,57+,58+,59+,60+,62-,63-,64-,65-,66-,67-,68-,80-/m0/s1. The lowest BCUT2D eigenvalue weighted by Crippen LogP contribution is -2.54. The number of amidine groups is 1. The van der Waals surface area contributed by atoms with Crippen LogP contribution in [0.25, 0.3) is 0 Å². The van der Waals surface area contributed by atoms with Gasteiger partial charge in [0.1, 0.15) is 23.4 Å². The third-order valence-corrected chi connectivity index (χ3v) is 22.9. The van der Waals surface area contributed by atoms with Gasteiger partial charge in [-0.2, -0.15) is 0 Å². The number of aliphatic carboxylic acids is 1. The number of carboxylic acid groups (broad SMARTS) is 1. The van der Waals surface area contributed by atoms with Crippen molar-refractivity contribution in [1.29, 1.82) is 5.41 Å². The first-order chi connectivity index (χ1) is 56.8. The first-order valence-corrected chi connectivity index (χ1v) is 42.8. The molecular formula is C87H129N15O17S. The highest BCUT2D eigenvalue weighted by Crippen LogP contribution is 2.32. The number of phenolic OH excluding ortho intramolecular Hbond substituents is 1. The summed E-state index contributed by atoms with van der Waals surface area (Å²) in [4.78, 5) is 227. The summed E-state index contributed by atoms with van der Waals surface area (Å²) in [7, 11) is 0. The molecule has 0 spiro atoms. The Labute approximate surface area is 708 Å². The number of ketones is 7. The van der Waals surface area contributed by atoms with E-state index < -0.39 is 228 Å². The molecule has 120 heavy (non-hydrogen) atoms. The van der Waals surface area contributed by atoms with Gasteiger partial charge in [-0.3, -0.25) is 87.3 Å². The molecule has 660 valence electrons. The van der Waals surface area contributed by atoms with Crippen LogP contribution < -0.4 is 66.3 Å². The molecule has 0 aliphatic carbocycles. The first-order valence-electron chi connectivity index (χ1n) is 41.7. The first kappa shape index (κ1) is 102. The topological polar surface area (TPSA) is 573 Å². The second-order valence-electron chi connectivity index (χ2n) is 32.5. The molecule has 0 aromatic heterocycles. The van der Waals surface area contributed by atoms with E-state index in [-0.39, 0.29) is 138 Å². The van der Waals surface area contributed by atoms with Crippen molar-refractivity contribution in [3.63, 3.8) is 0 Å². The maximum Gasteiger partial charge on any atom is 0.305 e. The Kier molecular flexibility index (Phi) is 44.9. The number of nitrogens with two attached hydrogens (primary N) is 6. The number of nitrogens with one attached hydrogen (secondary N) is 7. The smallest absolute Gasteiger partial charge is 0.305 e. The number of thioether (sulfide) groups is 1. The molecular weight excluding hydrogens is 1560 g/mol. The van der Waals surface area contributed by atoms with Gasteiger partial charge in [0.25, 0.3) is 0 Å². The largest absolute Gasteiger partial charge is 0.508 e. The van der Waals surface area contributed by atoms with Crippen molar-refractivity contribution in [2.24, 2.45) is 104 Å². The molecule has 1 fully saturated rings. The molecule has 21 N–H and O–H groups in total. The van der Waals surface area contributed by atoms with Crippen molar-refractivity contribution in [1.82, 2.24) is 31.9 Å². The van der Waals surface area contributed by atoms with Gasteiger partial charge in [0.2, 0.25) is 41.4 Å². The van der Waals surface area contributed by atoms with Crippen LogP contribution in [0.15, 0.2) is 94.9 Å². The second-order valence-corrected chi connectivity index (χ2v) is 33.5. The number of carbonyl (C=O) groups is 15. The van der Waals surface area contributed by atoms with Gasteiger partial charge in [0, 0.05) is 112 Å². The number of rotatable bonds is 32. The van der Waals surface area contributed by atoms with Crippen molar-refractivity contribution in [2.75, 3.05) is 24.6 Å². The van der Waals surface area contributed by atoms with Gasteiger partial charge >= 0.3 is 5.97 Å². The molecule has 14 atom stereocenters. The van der Waals surface area contributed by atoms with Crippen LogP contribution in [-0.4, -0.2) is 177 Å². The molecule has 0 saturated carbocycles. The van der Waals surface area contributed by atoms with E-state index in [0.717, 1.165) is 11.8 Å². The summed E-state index contributed by atoms with van der Waals surface area (Å²) in [6, 6.07) is 14.2. The quantitative estimate of drug-likeness (QED) is 0.0216. The molecule has 4 rings (SSSR count). The van der Waals surface area contributed by atoms with Crippen LogP contribution in [0.4, 0.5) is 0 Å². The minimum Gasteiger partial charge on any atom is -0.508 e. The van der Waals surface area contributed by atoms with Crippen molar-refractivity contribution in [3.05, 3.63) is 102 Å². The van der Waals surface area contributed by atoms with Crippen LogP contribution in [0.1, 0.15) is 200 Å². The summed E-state index contributed by atoms with van der Waals surface area (Å²) in [5, 5.41) is 45.2. The summed E-state index contributed by atoms with van der Waals surface area (Å²) in [6.07, 6.45) is -4.07. The van der Waals surface area contributed by atoms with Gasteiger partial charge in [-0.25, -0.2) is 0 Å². The van der Waals surface area contributed by atoms with E-state index in [0.29, 0.717) is 29.5 Å². The fourth-order valence-corrected chi connectivity index (χ4v) is 15.4. The molecule has 0 unspecified atom stereocenters. The lowest BCUT2D eigenvalue weighted by molar-refractivity contribution is -0.142. The number of aliphatic imine (C=N–C) groups is 2. The number of benzene rings is 3. The van der Waals surface area contributed by atoms with E-state index in [1.807, 2.05) is 27.7 Å². The lowest BCUT2D eigenvalue weighted by Gasteiger charge is -2.30. The predicted molar refractivity (Wildman–Crippen MR) is 459 cm³/mol. The zero-order valence-electron chi connectivity index (χ0n) is 70.7. The molecule has 1 aliphatic rings. The fraction of sp³-hybridized carbons (Fsp3) is 0.586. The third-order valence-electron chi connectivity index (χ3n) is 21.9. The molecule has 3 aromatic rings. The summed E-state index contributed by atoms with van der Waals surface area (Å²) in [6.45, 7) is 14.3. The molecule has 0 radical (unpaired) electrons. The highest BCUT2D eigenvalue weighted by Gasteiger charge is 2.41. The zero-order chi connectivity index (χ0) is 89.3. The van der Waals surface area contributed by atoms with Gasteiger partial charge < -0.3 is 76.5 Å². The number of hydrogen-bond acceptors (Lipinski definition) is 20. The van der Waals surface area contributed by atoms with Gasteiger partial charge in [-0.15, -0.1) is 11.8 Å². The van der Waals surface area contributed by atoms with Crippen LogP contribution in [0, 0.1) is 64.6 Å². The number of unbranched alkanes of at least 4 members (excludes halogenated alkanes) is 1. The number of carboxylic acids is 1. The van der Waals surface area contributed by atoms with Crippen molar-refractivity contribution < 1.29 is 82.1 Å². The molecule has 1 aliphatic heterocycles. The summed E-state index contributed by atoms with van der Waals surface area (Å²) >= 11 is 0.899. The van der Waals surface area contributed by atoms with Crippen molar-refractivity contribution in [2.45, 2.75) is 239 Å². The monoisotopic (exact) mass is 1690 g/mol. The number of carbonyl (C=O) groups excluding carboxylic acids is 14. The van der Waals surface area contributed by atoms with Crippen molar-refractivity contribution in [3.8, 4) is 5.75 Å². The van der Waals surface area contributed by atoms with Crippen molar-refractivity contribution >= 4 is 117 Å². The highest BCUT2D eigenvalue weighted by molar-refractivity contribution is 8.00. The van der Waals surface area contributed by atoms with E-state index in [1.165, 1.54) is 24.3 Å². The number of guanidine groups is 2. The third kappa shape index (κ3) is 37.7. The van der Waals surface area contributed by atoms with Gasteiger partial charge in [-0.1, -0.05) is 147 Å². The number of aromatic hydroxyl groups is 1. The molecule has 1 saturated heterocycles. The number of amides is 7. The lowest BCUT2D eigenvalue weighted by atomic mass is 9.75. The molecule has 33 heteroatoms. The number of hydrogen-bond donors (Lipinski definition) is 15. The second kappa shape index (κ2) is 53.0.